The van der Waals surface area contributed by atoms with Crippen molar-refractivity contribution in [2.45, 2.75) is 30.9 Å². The van der Waals surface area contributed by atoms with Crippen molar-refractivity contribution in [1.82, 2.24) is 4.90 Å². The number of aliphatic carboxylic acids is 1. The van der Waals surface area contributed by atoms with E-state index >= 15 is 0 Å². The maximum absolute atomic E-state index is 12.5. The standard InChI is InChI=1S/C12H18N2O5S/c13-20(18,19)9-4-3-7-14(8-9)10(15)12(11(16)17)5-1-2-6-12/h1-2,9H,3-8H2,(H,16,17)(H2,13,18,19). The van der Waals surface area contributed by atoms with E-state index in [0.717, 1.165) is 0 Å². The van der Waals surface area contributed by atoms with Gasteiger partial charge in [-0.1, -0.05) is 12.2 Å². The Morgan fingerprint density at radius 1 is 1.30 bits per heavy atom. The highest BCUT2D eigenvalue weighted by molar-refractivity contribution is 7.89. The second-order valence-corrected chi connectivity index (χ2v) is 7.22. The molecule has 0 aromatic carbocycles. The molecular weight excluding hydrogens is 284 g/mol. The first-order chi connectivity index (χ1) is 9.27. The molecule has 0 aromatic rings. The van der Waals surface area contributed by atoms with Gasteiger partial charge in [-0.15, -0.1) is 0 Å². The number of carbonyl (C=O) groups is 2. The molecule has 2 rings (SSSR count). The molecule has 2 aliphatic rings. The number of hydrogen-bond acceptors (Lipinski definition) is 4. The van der Waals surface area contributed by atoms with Crippen LogP contribution in [0.5, 0.6) is 0 Å². The molecule has 1 saturated heterocycles. The summed E-state index contributed by atoms with van der Waals surface area (Å²) >= 11 is 0. The highest BCUT2D eigenvalue weighted by Gasteiger charge is 2.49. The summed E-state index contributed by atoms with van der Waals surface area (Å²) in [6.45, 7) is 0.354. The van der Waals surface area contributed by atoms with Gasteiger partial charge in [0.15, 0.2) is 5.41 Å². The van der Waals surface area contributed by atoms with Crippen molar-refractivity contribution in [2.75, 3.05) is 13.1 Å². The van der Waals surface area contributed by atoms with E-state index in [1.165, 1.54) is 4.90 Å². The number of nitrogens with zero attached hydrogens (tertiary/aromatic N) is 1. The third kappa shape index (κ3) is 2.57. The minimum absolute atomic E-state index is 0.0211. The Bertz CT molecular complexity index is 546. The number of carbonyl (C=O) groups excluding carboxylic acids is 1. The van der Waals surface area contributed by atoms with Gasteiger partial charge >= 0.3 is 5.97 Å². The molecule has 3 N–H and O–H groups in total. The van der Waals surface area contributed by atoms with E-state index in [0.29, 0.717) is 19.4 Å². The molecular formula is C12H18N2O5S. The lowest BCUT2D eigenvalue weighted by molar-refractivity contribution is -0.160. The lowest BCUT2D eigenvalue weighted by atomic mass is 9.83. The fraction of sp³-hybridized carbons (Fsp3) is 0.667. The maximum atomic E-state index is 12.5. The second-order valence-electron chi connectivity index (χ2n) is 5.37. The van der Waals surface area contributed by atoms with E-state index in [2.05, 4.69) is 0 Å². The number of carboxylic acids is 1. The Morgan fingerprint density at radius 3 is 2.40 bits per heavy atom. The topological polar surface area (TPSA) is 118 Å². The van der Waals surface area contributed by atoms with Crippen molar-refractivity contribution in [2.24, 2.45) is 10.6 Å². The molecule has 1 unspecified atom stereocenters. The number of nitrogens with two attached hydrogens (primary N) is 1. The molecule has 1 aliphatic heterocycles. The van der Waals surface area contributed by atoms with Crippen molar-refractivity contribution in [1.29, 1.82) is 0 Å². The monoisotopic (exact) mass is 302 g/mol. The van der Waals surface area contributed by atoms with Crippen LogP contribution in [-0.2, 0) is 19.6 Å². The number of piperidine rings is 1. The first kappa shape index (κ1) is 15.0. The number of primary sulfonamides is 1. The van der Waals surface area contributed by atoms with Crippen molar-refractivity contribution in [3.05, 3.63) is 12.2 Å². The van der Waals surface area contributed by atoms with E-state index in [1.807, 2.05) is 0 Å². The van der Waals surface area contributed by atoms with Crippen LogP contribution in [0.15, 0.2) is 12.2 Å². The molecule has 112 valence electrons. The van der Waals surface area contributed by atoms with Gasteiger partial charge in [0.1, 0.15) is 0 Å². The molecule has 1 amide bonds. The summed E-state index contributed by atoms with van der Waals surface area (Å²) in [4.78, 5) is 25.3. The van der Waals surface area contributed by atoms with Gasteiger partial charge in [-0.2, -0.15) is 0 Å². The number of allylic oxidation sites excluding steroid dienone is 2. The summed E-state index contributed by atoms with van der Waals surface area (Å²) < 4.78 is 22.8. The molecule has 8 heteroatoms. The predicted molar refractivity (Wildman–Crippen MR) is 71.2 cm³/mol. The lowest BCUT2D eigenvalue weighted by Gasteiger charge is -2.36. The SMILES string of the molecule is NS(=O)(=O)C1CCCN(C(=O)C2(C(=O)O)CC=CC2)C1. The molecule has 1 heterocycles. The normalized spacial score (nSPS) is 25.6. The first-order valence-electron chi connectivity index (χ1n) is 6.47. The van der Waals surface area contributed by atoms with Crippen LogP contribution >= 0.6 is 0 Å². The Hall–Kier alpha value is -1.41. The molecule has 7 nitrogen and oxygen atoms in total. The van der Waals surface area contributed by atoms with Crippen LogP contribution < -0.4 is 5.14 Å². The van der Waals surface area contributed by atoms with Crippen LogP contribution in [0.2, 0.25) is 0 Å². The lowest BCUT2D eigenvalue weighted by Crippen LogP contribution is -2.53. The molecule has 0 spiro atoms. The molecule has 1 aliphatic carbocycles. The summed E-state index contributed by atoms with van der Waals surface area (Å²) in [5.74, 6) is -1.67. The van der Waals surface area contributed by atoms with Crippen molar-refractivity contribution < 1.29 is 23.1 Å². The molecule has 0 saturated carbocycles. The van der Waals surface area contributed by atoms with Crippen LogP contribution in [0.3, 0.4) is 0 Å². The van der Waals surface area contributed by atoms with Crippen LogP contribution in [0, 0.1) is 5.41 Å². The summed E-state index contributed by atoms with van der Waals surface area (Å²) in [7, 11) is -3.71. The minimum atomic E-state index is -3.71. The Labute approximate surface area is 117 Å². The van der Waals surface area contributed by atoms with Gasteiger partial charge in [0.25, 0.3) is 0 Å². The van der Waals surface area contributed by atoms with Gasteiger partial charge in [0.05, 0.1) is 5.25 Å². The average molecular weight is 302 g/mol. The highest BCUT2D eigenvalue weighted by Crippen LogP contribution is 2.36. The molecule has 0 bridgehead atoms. The molecule has 20 heavy (non-hydrogen) atoms. The minimum Gasteiger partial charge on any atom is -0.480 e. The number of sulfonamides is 1. The van der Waals surface area contributed by atoms with Gasteiger partial charge in [-0.05, 0) is 25.7 Å². The number of carboxylic acid groups (broad SMARTS) is 1. The van der Waals surface area contributed by atoms with Crippen LogP contribution in [-0.4, -0.2) is 48.6 Å². The predicted octanol–water partition coefficient (Wildman–Crippen LogP) is -0.313. The van der Waals surface area contributed by atoms with Crippen molar-refractivity contribution >= 4 is 21.9 Å². The third-order valence-electron chi connectivity index (χ3n) is 4.05. The van der Waals surface area contributed by atoms with Gasteiger partial charge < -0.3 is 10.0 Å². The quantitative estimate of drug-likeness (QED) is 0.547. The zero-order valence-corrected chi connectivity index (χ0v) is 11.8. The number of hydrogen-bond donors (Lipinski definition) is 2. The van der Waals surface area contributed by atoms with E-state index in [9.17, 15) is 23.1 Å². The molecule has 1 atom stereocenters. The largest absolute Gasteiger partial charge is 0.480 e. The highest BCUT2D eigenvalue weighted by atomic mass is 32.2. The van der Waals surface area contributed by atoms with Crippen molar-refractivity contribution in [3.63, 3.8) is 0 Å². The van der Waals surface area contributed by atoms with E-state index in [4.69, 9.17) is 5.14 Å². The maximum Gasteiger partial charge on any atom is 0.319 e. The number of amides is 1. The van der Waals surface area contributed by atoms with Gasteiger partial charge in [0, 0.05) is 13.1 Å². The third-order valence-corrected chi connectivity index (χ3v) is 5.36. The Morgan fingerprint density at radius 2 is 1.90 bits per heavy atom. The van der Waals surface area contributed by atoms with Gasteiger partial charge in [-0.25, -0.2) is 13.6 Å². The van der Waals surface area contributed by atoms with Gasteiger partial charge in [-0.3, -0.25) is 9.59 Å². The Balaban J connectivity index is 2.18. The fourth-order valence-electron chi connectivity index (χ4n) is 2.79. The zero-order chi connectivity index (χ0) is 15.0. The Kier molecular flexibility index (Phi) is 3.88. The van der Waals surface area contributed by atoms with Crippen LogP contribution in [0.25, 0.3) is 0 Å². The average Bonchev–Trinajstić information content (AvgIpc) is 2.87. The summed E-state index contributed by atoms with van der Waals surface area (Å²) in [6, 6.07) is 0. The zero-order valence-electron chi connectivity index (χ0n) is 11.0. The van der Waals surface area contributed by atoms with E-state index < -0.39 is 32.6 Å². The summed E-state index contributed by atoms with van der Waals surface area (Å²) in [5.41, 5.74) is -1.47. The smallest absolute Gasteiger partial charge is 0.319 e. The molecule has 0 radical (unpaired) electrons. The van der Waals surface area contributed by atoms with Crippen molar-refractivity contribution in [3.8, 4) is 0 Å². The fourth-order valence-corrected chi connectivity index (χ4v) is 3.67. The van der Waals surface area contributed by atoms with Crippen LogP contribution in [0.4, 0.5) is 0 Å². The van der Waals surface area contributed by atoms with Crippen LogP contribution in [0.1, 0.15) is 25.7 Å². The van der Waals surface area contributed by atoms with E-state index in [1.54, 1.807) is 12.2 Å². The van der Waals surface area contributed by atoms with Gasteiger partial charge in [0.2, 0.25) is 15.9 Å². The second kappa shape index (κ2) is 5.17. The molecule has 0 aromatic heterocycles. The van der Waals surface area contributed by atoms with E-state index in [-0.39, 0.29) is 19.4 Å². The summed E-state index contributed by atoms with van der Waals surface area (Å²) in [5, 5.41) is 13.7. The number of likely N-dealkylation sites (tertiary alicyclic amines) is 1. The first-order valence-corrected chi connectivity index (χ1v) is 8.08. The summed E-state index contributed by atoms with van der Waals surface area (Å²) in [6.07, 6.45) is 4.56. The number of rotatable bonds is 3. The molecule has 1 fully saturated rings.